The molecule has 1 saturated carbocycles. The van der Waals surface area contributed by atoms with Crippen molar-refractivity contribution < 1.29 is 38.0 Å². The predicted octanol–water partition coefficient (Wildman–Crippen LogP) is 3.78. The van der Waals surface area contributed by atoms with Crippen molar-refractivity contribution in [3.63, 3.8) is 0 Å². The highest BCUT2D eigenvalue weighted by Crippen LogP contribution is 2.52. The third kappa shape index (κ3) is 4.69. The first kappa shape index (κ1) is 24.0. The van der Waals surface area contributed by atoms with Crippen LogP contribution < -0.4 is 19.5 Å². The molecule has 10 heteroatoms. The molecule has 1 amide bonds. The number of hydrogen-bond donors (Lipinski definition) is 3. The van der Waals surface area contributed by atoms with Gasteiger partial charge >= 0.3 is 6.29 Å². The number of nitrogens with zero attached hydrogens (tertiary/aromatic N) is 1. The number of amides is 1. The fourth-order valence-electron chi connectivity index (χ4n) is 4.12. The number of nitrogens with one attached hydrogen (secondary N) is 1. The summed E-state index contributed by atoms with van der Waals surface area (Å²) in [5, 5.41) is 21.3. The van der Waals surface area contributed by atoms with Crippen molar-refractivity contribution in [2.45, 2.75) is 37.6 Å². The van der Waals surface area contributed by atoms with E-state index < -0.39 is 24.4 Å². The lowest BCUT2D eigenvalue weighted by Crippen LogP contribution is -2.28. The number of pyridine rings is 1. The molecular weight excluding hydrogens is 474 g/mol. The van der Waals surface area contributed by atoms with Gasteiger partial charge in [-0.15, -0.1) is 8.78 Å². The van der Waals surface area contributed by atoms with Crippen LogP contribution in [0.25, 0.3) is 11.3 Å². The van der Waals surface area contributed by atoms with Gasteiger partial charge in [0.15, 0.2) is 11.5 Å². The molecule has 8 nitrogen and oxygen atoms in total. The maximum Gasteiger partial charge on any atom is 0.586 e. The minimum absolute atomic E-state index is 0.0535. The Labute approximate surface area is 205 Å². The lowest BCUT2D eigenvalue weighted by molar-refractivity contribution is -0.286. The summed E-state index contributed by atoms with van der Waals surface area (Å²) in [6.07, 6.45) is -3.58. The summed E-state index contributed by atoms with van der Waals surface area (Å²) < 4.78 is 41.3. The number of fused-ring (bicyclic) bond motifs is 1. The molecule has 36 heavy (non-hydrogen) atoms. The zero-order valence-electron chi connectivity index (χ0n) is 19.3. The smallest absolute Gasteiger partial charge is 0.491 e. The third-order valence-corrected chi connectivity index (χ3v) is 6.24. The number of aliphatic hydroxyl groups is 2. The summed E-state index contributed by atoms with van der Waals surface area (Å²) >= 11 is 0. The number of aliphatic hydroxyl groups excluding tert-OH is 2. The molecule has 2 aromatic carbocycles. The van der Waals surface area contributed by atoms with Crippen LogP contribution in [0.5, 0.6) is 17.2 Å². The van der Waals surface area contributed by atoms with E-state index in [9.17, 15) is 18.7 Å². The van der Waals surface area contributed by atoms with Gasteiger partial charge in [0.2, 0.25) is 5.91 Å². The molecule has 3 N–H and O–H groups in total. The molecule has 1 atom stereocenters. The average molecular weight is 498 g/mol. The largest absolute Gasteiger partial charge is 0.586 e. The van der Waals surface area contributed by atoms with Crippen molar-refractivity contribution in [2.24, 2.45) is 0 Å². The van der Waals surface area contributed by atoms with E-state index in [1.807, 2.05) is 19.1 Å². The molecule has 5 rings (SSSR count). The number of hydrogen-bond acceptors (Lipinski definition) is 7. The SMILES string of the molecule is Cc1ccc(NC(=O)C2(c3ccc4c(c3)OC(F)(F)O4)CC2)nc1-c1cccc(OC[C@H](O)CO)c1. The molecule has 0 spiro atoms. The summed E-state index contributed by atoms with van der Waals surface area (Å²) in [5.41, 5.74) is 1.97. The zero-order valence-corrected chi connectivity index (χ0v) is 19.3. The molecule has 1 aliphatic heterocycles. The minimum atomic E-state index is -3.72. The van der Waals surface area contributed by atoms with Crippen LogP contribution in [0.15, 0.2) is 54.6 Å². The van der Waals surface area contributed by atoms with Crippen molar-refractivity contribution in [2.75, 3.05) is 18.5 Å². The highest BCUT2D eigenvalue weighted by atomic mass is 19.3. The molecule has 0 saturated heterocycles. The Morgan fingerprint density at radius 3 is 2.67 bits per heavy atom. The minimum Gasteiger partial charge on any atom is -0.491 e. The van der Waals surface area contributed by atoms with Gasteiger partial charge in [-0.25, -0.2) is 4.98 Å². The second-order valence-corrected chi connectivity index (χ2v) is 8.90. The number of carbonyl (C=O) groups is 1. The lowest BCUT2D eigenvalue weighted by atomic mass is 9.94. The monoisotopic (exact) mass is 498 g/mol. The van der Waals surface area contributed by atoms with E-state index in [0.717, 1.165) is 11.1 Å². The first-order valence-electron chi connectivity index (χ1n) is 11.4. The van der Waals surface area contributed by atoms with E-state index in [4.69, 9.17) is 9.84 Å². The Kier molecular flexibility index (Phi) is 6.01. The normalized spacial score (nSPS) is 17.4. The predicted molar refractivity (Wildman–Crippen MR) is 125 cm³/mol. The summed E-state index contributed by atoms with van der Waals surface area (Å²) in [4.78, 5) is 17.9. The quantitative estimate of drug-likeness (QED) is 0.434. The summed E-state index contributed by atoms with van der Waals surface area (Å²) in [5.74, 6) is 0.399. The second kappa shape index (κ2) is 9.03. The molecule has 188 valence electrons. The average Bonchev–Trinajstić information content (AvgIpc) is 3.61. The van der Waals surface area contributed by atoms with E-state index in [0.29, 0.717) is 35.7 Å². The Hall–Kier alpha value is -3.76. The molecule has 1 aliphatic carbocycles. The molecule has 3 aromatic rings. The Morgan fingerprint density at radius 2 is 1.92 bits per heavy atom. The van der Waals surface area contributed by atoms with E-state index in [-0.39, 0.29) is 24.0 Å². The van der Waals surface area contributed by atoms with E-state index in [1.165, 1.54) is 12.1 Å². The van der Waals surface area contributed by atoms with Gasteiger partial charge in [-0.05, 0) is 61.2 Å². The Morgan fingerprint density at radius 1 is 1.14 bits per heavy atom. The number of carbonyl (C=O) groups excluding carboxylic acids is 1. The summed E-state index contributed by atoms with van der Waals surface area (Å²) in [7, 11) is 0. The molecule has 0 bridgehead atoms. The molecule has 2 aliphatic rings. The van der Waals surface area contributed by atoms with Gasteiger partial charge in [-0.1, -0.05) is 24.3 Å². The maximum atomic E-state index is 13.4. The number of benzene rings is 2. The van der Waals surface area contributed by atoms with Crippen molar-refractivity contribution in [1.29, 1.82) is 0 Å². The summed E-state index contributed by atoms with van der Waals surface area (Å²) in [6, 6.07) is 15.1. The molecule has 2 heterocycles. The van der Waals surface area contributed by atoms with Crippen molar-refractivity contribution in [1.82, 2.24) is 4.98 Å². The fourth-order valence-corrected chi connectivity index (χ4v) is 4.12. The Bertz CT molecular complexity index is 1310. The standard InChI is InChI=1S/C26H24F2N2O6/c1-15-5-8-22(29-23(15)16-3-2-4-19(11-16)34-14-18(32)13-31)30-24(33)25(9-10-25)17-6-7-20-21(12-17)36-26(27,28)35-20/h2-8,11-12,18,31-32H,9-10,13-14H2,1H3,(H,29,30,33)/t18-/m1/s1. The topological polar surface area (TPSA) is 110 Å². The van der Waals surface area contributed by atoms with Crippen LogP contribution in [-0.4, -0.2) is 46.7 Å². The van der Waals surface area contributed by atoms with Crippen LogP contribution in [0.3, 0.4) is 0 Å². The van der Waals surface area contributed by atoms with E-state index in [1.54, 1.807) is 30.3 Å². The highest BCUT2D eigenvalue weighted by molar-refractivity contribution is 6.01. The number of aromatic nitrogens is 1. The molecule has 0 radical (unpaired) electrons. The zero-order chi connectivity index (χ0) is 25.5. The van der Waals surface area contributed by atoms with Gasteiger partial charge in [0.1, 0.15) is 24.3 Å². The van der Waals surface area contributed by atoms with Gasteiger partial charge in [0.05, 0.1) is 17.7 Å². The first-order chi connectivity index (χ1) is 17.2. The molecule has 1 aromatic heterocycles. The van der Waals surface area contributed by atoms with Crippen molar-refractivity contribution in [3.05, 3.63) is 65.7 Å². The van der Waals surface area contributed by atoms with Gasteiger partial charge in [-0.2, -0.15) is 0 Å². The van der Waals surface area contributed by atoms with Gasteiger partial charge in [0.25, 0.3) is 0 Å². The van der Waals surface area contributed by atoms with Crippen LogP contribution >= 0.6 is 0 Å². The first-order valence-corrected chi connectivity index (χ1v) is 11.4. The van der Waals surface area contributed by atoms with Gasteiger partial charge in [-0.3, -0.25) is 4.79 Å². The van der Waals surface area contributed by atoms with Crippen molar-refractivity contribution in [3.8, 4) is 28.5 Å². The fraction of sp³-hybridized carbons (Fsp3) is 0.308. The molecule has 0 unspecified atom stereocenters. The maximum absolute atomic E-state index is 13.4. The van der Waals surface area contributed by atoms with Crippen molar-refractivity contribution >= 4 is 11.7 Å². The van der Waals surface area contributed by atoms with E-state index in [2.05, 4.69) is 19.8 Å². The van der Waals surface area contributed by atoms with Crippen LogP contribution in [0, 0.1) is 6.92 Å². The van der Waals surface area contributed by atoms with Gasteiger partial charge in [0, 0.05) is 5.56 Å². The van der Waals surface area contributed by atoms with Crippen LogP contribution in [0.4, 0.5) is 14.6 Å². The third-order valence-electron chi connectivity index (χ3n) is 6.24. The number of aryl methyl sites for hydroxylation is 1. The van der Waals surface area contributed by atoms with Crippen LogP contribution in [0.2, 0.25) is 0 Å². The highest BCUT2D eigenvalue weighted by Gasteiger charge is 2.53. The number of halogens is 2. The molecular formula is C26H24F2N2O6. The molecule has 1 fully saturated rings. The Balaban J connectivity index is 1.34. The number of ether oxygens (including phenoxy) is 3. The van der Waals surface area contributed by atoms with Crippen LogP contribution in [0.1, 0.15) is 24.0 Å². The number of anilines is 1. The van der Waals surface area contributed by atoms with Gasteiger partial charge < -0.3 is 29.7 Å². The van der Waals surface area contributed by atoms with Crippen LogP contribution in [-0.2, 0) is 10.2 Å². The van der Waals surface area contributed by atoms with E-state index >= 15 is 0 Å². The number of alkyl halides is 2. The lowest BCUT2D eigenvalue weighted by Gasteiger charge is -2.17. The number of rotatable bonds is 8. The second-order valence-electron chi connectivity index (χ2n) is 8.90. The summed E-state index contributed by atoms with van der Waals surface area (Å²) in [6.45, 7) is 1.44.